The highest BCUT2D eigenvalue weighted by atomic mass is 16.5. The Morgan fingerprint density at radius 2 is 2.24 bits per heavy atom. The molecule has 4 nitrogen and oxygen atoms in total. The van der Waals surface area contributed by atoms with Gasteiger partial charge in [-0.1, -0.05) is 13.8 Å². The van der Waals surface area contributed by atoms with Gasteiger partial charge in [0.25, 0.3) is 0 Å². The quantitative estimate of drug-likeness (QED) is 0.854. The first-order chi connectivity index (χ1) is 8.25. The third kappa shape index (κ3) is 3.73. The van der Waals surface area contributed by atoms with E-state index in [0.717, 1.165) is 51.0 Å². The van der Waals surface area contributed by atoms with Gasteiger partial charge in [-0.2, -0.15) is 0 Å². The standard InChI is InChI=1S/C13H23N3O/c1-11(2)10-16-6-5-14-13(16)15-9-12-3-7-17-8-4-12/h5-6,11-12H,3-4,7-10H2,1-2H3,(H,14,15). The van der Waals surface area contributed by atoms with Crippen molar-refractivity contribution in [3.63, 3.8) is 0 Å². The van der Waals surface area contributed by atoms with Crippen LogP contribution in [0, 0.1) is 11.8 Å². The van der Waals surface area contributed by atoms with Gasteiger partial charge in [-0.3, -0.25) is 0 Å². The SMILES string of the molecule is CC(C)Cn1ccnc1NCC1CCOCC1. The van der Waals surface area contributed by atoms with Crippen LogP contribution in [0.4, 0.5) is 5.95 Å². The van der Waals surface area contributed by atoms with Crippen molar-refractivity contribution in [2.75, 3.05) is 25.1 Å². The molecule has 17 heavy (non-hydrogen) atoms. The van der Waals surface area contributed by atoms with Crippen molar-refractivity contribution in [1.29, 1.82) is 0 Å². The minimum Gasteiger partial charge on any atom is -0.381 e. The number of nitrogens with one attached hydrogen (secondary N) is 1. The molecular formula is C13H23N3O. The summed E-state index contributed by atoms with van der Waals surface area (Å²) in [6.07, 6.45) is 6.25. The molecule has 1 aromatic heterocycles. The van der Waals surface area contributed by atoms with E-state index in [1.807, 2.05) is 12.4 Å². The molecule has 0 radical (unpaired) electrons. The van der Waals surface area contributed by atoms with E-state index >= 15 is 0 Å². The van der Waals surface area contributed by atoms with Crippen molar-refractivity contribution in [2.45, 2.75) is 33.2 Å². The largest absolute Gasteiger partial charge is 0.381 e. The van der Waals surface area contributed by atoms with E-state index in [2.05, 4.69) is 28.7 Å². The molecule has 0 bridgehead atoms. The zero-order valence-electron chi connectivity index (χ0n) is 10.9. The number of rotatable bonds is 5. The summed E-state index contributed by atoms with van der Waals surface area (Å²) in [7, 11) is 0. The predicted octanol–water partition coefficient (Wildman–Crippen LogP) is 2.38. The van der Waals surface area contributed by atoms with Crippen molar-refractivity contribution >= 4 is 5.95 Å². The Morgan fingerprint density at radius 1 is 1.47 bits per heavy atom. The van der Waals surface area contributed by atoms with Crippen LogP contribution in [-0.2, 0) is 11.3 Å². The normalized spacial score (nSPS) is 17.6. The maximum atomic E-state index is 5.36. The fourth-order valence-electron chi connectivity index (χ4n) is 2.20. The van der Waals surface area contributed by atoms with E-state index in [1.165, 1.54) is 0 Å². The molecule has 0 aliphatic carbocycles. The Morgan fingerprint density at radius 3 is 2.94 bits per heavy atom. The van der Waals surface area contributed by atoms with E-state index in [9.17, 15) is 0 Å². The fourth-order valence-corrected chi connectivity index (χ4v) is 2.20. The second-order valence-corrected chi connectivity index (χ2v) is 5.23. The Balaban J connectivity index is 1.83. The maximum Gasteiger partial charge on any atom is 0.202 e. The minimum atomic E-state index is 0.646. The first kappa shape index (κ1) is 12.4. The summed E-state index contributed by atoms with van der Waals surface area (Å²) in [5.74, 6) is 2.38. The topological polar surface area (TPSA) is 39.1 Å². The molecule has 2 heterocycles. The van der Waals surface area contributed by atoms with Crippen LogP contribution in [0.15, 0.2) is 12.4 Å². The number of imidazole rings is 1. The lowest BCUT2D eigenvalue weighted by molar-refractivity contribution is 0.0699. The van der Waals surface area contributed by atoms with Crippen LogP contribution < -0.4 is 5.32 Å². The molecule has 0 aromatic carbocycles. The van der Waals surface area contributed by atoms with E-state index in [4.69, 9.17) is 4.74 Å². The summed E-state index contributed by atoms with van der Waals surface area (Å²) in [5.41, 5.74) is 0. The summed E-state index contributed by atoms with van der Waals surface area (Å²) in [4.78, 5) is 4.37. The van der Waals surface area contributed by atoms with E-state index in [1.54, 1.807) is 0 Å². The second kappa shape index (κ2) is 6.05. The minimum absolute atomic E-state index is 0.646. The van der Waals surface area contributed by atoms with Gasteiger partial charge < -0.3 is 14.6 Å². The van der Waals surface area contributed by atoms with E-state index < -0.39 is 0 Å². The van der Waals surface area contributed by atoms with Crippen LogP contribution in [0.1, 0.15) is 26.7 Å². The molecule has 4 heteroatoms. The number of aromatic nitrogens is 2. The molecule has 0 spiro atoms. The van der Waals surface area contributed by atoms with Crippen molar-refractivity contribution in [2.24, 2.45) is 11.8 Å². The Labute approximate surface area is 103 Å². The van der Waals surface area contributed by atoms with Crippen LogP contribution in [0.3, 0.4) is 0 Å². The predicted molar refractivity (Wildman–Crippen MR) is 69.1 cm³/mol. The molecule has 2 rings (SSSR count). The Kier molecular flexibility index (Phi) is 4.42. The van der Waals surface area contributed by atoms with Gasteiger partial charge in [0.15, 0.2) is 0 Å². The van der Waals surface area contributed by atoms with Crippen LogP contribution in [-0.4, -0.2) is 29.3 Å². The second-order valence-electron chi connectivity index (χ2n) is 5.23. The maximum absolute atomic E-state index is 5.36. The molecule has 0 unspecified atom stereocenters. The highest BCUT2D eigenvalue weighted by Crippen LogP contribution is 2.16. The number of nitrogens with zero attached hydrogens (tertiary/aromatic N) is 2. The van der Waals surface area contributed by atoms with Crippen molar-refractivity contribution in [3.05, 3.63) is 12.4 Å². The van der Waals surface area contributed by atoms with Crippen LogP contribution in [0.2, 0.25) is 0 Å². The molecule has 1 fully saturated rings. The fraction of sp³-hybridized carbons (Fsp3) is 0.769. The van der Waals surface area contributed by atoms with Gasteiger partial charge in [-0.05, 0) is 24.7 Å². The average Bonchev–Trinajstić information content (AvgIpc) is 2.74. The van der Waals surface area contributed by atoms with Gasteiger partial charge in [-0.15, -0.1) is 0 Å². The number of anilines is 1. The zero-order chi connectivity index (χ0) is 12.1. The number of ether oxygens (including phenoxy) is 1. The third-order valence-corrected chi connectivity index (χ3v) is 3.17. The number of hydrogen-bond acceptors (Lipinski definition) is 3. The summed E-state index contributed by atoms with van der Waals surface area (Å²) in [6.45, 7) is 8.30. The first-order valence-corrected chi connectivity index (χ1v) is 6.58. The Hall–Kier alpha value is -1.03. The lowest BCUT2D eigenvalue weighted by Gasteiger charge is -2.22. The molecule has 0 saturated carbocycles. The molecule has 1 aliphatic heterocycles. The summed E-state index contributed by atoms with van der Waals surface area (Å²) in [5, 5.41) is 3.46. The van der Waals surface area contributed by atoms with Gasteiger partial charge in [0.05, 0.1) is 0 Å². The molecule has 1 aromatic rings. The molecule has 96 valence electrons. The van der Waals surface area contributed by atoms with Gasteiger partial charge >= 0.3 is 0 Å². The molecule has 1 saturated heterocycles. The van der Waals surface area contributed by atoms with E-state index in [0.29, 0.717) is 5.92 Å². The average molecular weight is 237 g/mol. The third-order valence-electron chi connectivity index (χ3n) is 3.17. The highest BCUT2D eigenvalue weighted by molar-refractivity contribution is 5.25. The van der Waals surface area contributed by atoms with Crippen LogP contribution in [0.25, 0.3) is 0 Å². The zero-order valence-corrected chi connectivity index (χ0v) is 10.9. The monoisotopic (exact) mass is 237 g/mol. The number of hydrogen-bond donors (Lipinski definition) is 1. The molecular weight excluding hydrogens is 214 g/mol. The summed E-state index contributed by atoms with van der Waals surface area (Å²) in [6, 6.07) is 0. The van der Waals surface area contributed by atoms with Gasteiger partial charge in [-0.25, -0.2) is 4.98 Å². The summed E-state index contributed by atoms with van der Waals surface area (Å²) < 4.78 is 7.56. The molecule has 0 amide bonds. The van der Waals surface area contributed by atoms with Gasteiger partial charge in [0.2, 0.25) is 5.95 Å². The molecule has 1 N–H and O–H groups in total. The Bertz CT molecular complexity index is 329. The molecule has 1 aliphatic rings. The smallest absolute Gasteiger partial charge is 0.202 e. The van der Waals surface area contributed by atoms with Crippen molar-refractivity contribution in [3.8, 4) is 0 Å². The molecule has 0 atom stereocenters. The van der Waals surface area contributed by atoms with Gasteiger partial charge in [0, 0.05) is 38.7 Å². The lowest BCUT2D eigenvalue weighted by atomic mass is 10.0. The first-order valence-electron chi connectivity index (χ1n) is 6.58. The lowest BCUT2D eigenvalue weighted by Crippen LogP contribution is -2.24. The highest BCUT2D eigenvalue weighted by Gasteiger charge is 2.14. The van der Waals surface area contributed by atoms with Crippen molar-refractivity contribution in [1.82, 2.24) is 9.55 Å². The van der Waals surface area contributed by atoms with Gasteiger partial charge in [0.1, 0.15) is 0 Å². The van der Waals surface area contributed by atoms with Crippen LogP contribution >= 0.6 is 0 Å². The summed E-state index contributed by atoms with van der Waals surface area (Å²) >= 11 is 0. The van der Waals surface area contributed by atoms with Crippen LogP contribution in [0.5, 0.6) is 0 Å². The van der Waals surface area contributed by atoms with Crippen molar-refractivity contribution < 1.29 is 4.74 Å². The van der Waals surface area contributed by atoms with E-state index in [-0.39, 0.29) is 0 Å².